The number of rotatable bonds is 2. The molecule has 0 aliphatic heterocycles. The number of phenols is 1. The largest absolute Gasteiger partial charge is 0.508 e. The molecule has 0 saturated heterocycles. The maximum absolute atomic E-state index is 9.33. The van der Waals surface area contributed by atoms with Gasteiger partial charge in [0.05, 0.1) is 5.02 Å². The highest BCUT2D eigenvalue weighted by atomic mass is 35.5. The molecule has 1 aromatic rings. The van der Waals surface area contributed by atoms with Crippen molar-refractivity contribution in [2.75, 3.05) is 0 Å². The van der Waals surface area contributed by atoms with Crippen LogP contribution in [0.1, 0.15) is 11.7 Å². The summed E-state index contributed by atoms with van der Waals surface area (Å²) in [4.78, 5) is 0. The van der Waals surface area contributed by atoms with Gasteiger partial charge in [-0.2, -0.15) is 0 Å². The first-order chi connectivity index (χ1) is 5.66. The van der Waals surface area contributed by atoms with Crippen LogP contribution >= 0.6 is 11.6 Å². The van der Waals surface area contributed by atoms with Crippen LogP contribution in [0.15, 0.2) is 30.9 Å². The fourth-order valence-corrected chi connectivity index (χ4v) is 1.22. The lowest BCUT2D eigenvalue weighted by atomic mass is 10.1. The molecule has 1 aromatic carbocycles. The van der Waals surface area contributed by atoms with Crippen LogP contribution < -0.4 is 0 Å². The monoisotopic (exact) mass is 184 g/mol. The quantitative estimate of drug-likeness (QED) is 0.693. The molecule has 0 aliphatic rings. The third-order valence-corrected chi connectivity index (χ3v) is 1.88. The Labute approximate surface area is 75.7 Å². The van der Waals surface area contributed by atoms with Gasteiger partial charge < -0.3 is 10.2 Å². The van der Waals surface area contributed by atoms with Gasteiger partial charge in [0, 0.05) is 5.56 Å². The standard InChI is InChI=1S/C9H9ClO2/c1-2-7(11)9-6(10)4-3-5-8(9)12/h2-5,7,11-12H,1H2. The summed E-state index contributed by atoms with van der Waals surface area (Å²) < 4.78 is 0. The highest BCUT2D eigenvalue weighted by Gasteiger charge is 2.11. The summed E-state index contributed by atoms with van der Waals surface area (Å²) in [6.07, 6.45) is 0.389. The van der Waals surface area contributed by atoms with Gasteiger partial charge in [-0.1, -0.05) is 23.7 Å². The molecule has 1 unspecified atom stereocenters. The van der Waals surface area contributed by atoms with Crippen molar-refractivity contribution >= 4 is 11.6 Å². The van der Waals surface area contributed by atoms with Crippen LogP contribution in [0.3, 0.4) is 0 Å². The van der Waals surface area contributed by atoms with Crippen LogP contribution in [0.5, 0.6) is 5.75 Å². The van der Waals surface area contributed by atoms with Crippen molar-refractivity contribution in [3.8, 4) is 5.75 Å². The molecule has 0 spiro atoms. The first-order valence-electron chi connectivity index (χ1n) is 3.45. The van der Waals surface area contributed by atoms with Crippen molar-refractivity contribution in [1.82, 2.24) is 0 Å². The van der Waals surface area contributed by atoms with Crippen molar-refractivity contribution < 1.29 is 10.2 Å². The van der Waals surface area contributed by atoms with Crippen LogP contribution in [-0.2, 0) is 0 Å². The summed E-state index contributed by atoms with van der Waals surface area (Å²) in [7, 11) is 0. The van der Waals surface area contributed by atoms with Gasteiger partial charge in [-0.05, 0) is 12.1 Å². The molecule has 0 aliphatic carbocycles. The minimum Gasteiger partial charge on any atom is -0.508 e. The second kappa shape index (κ2) is 3.61. The molecule has 2 nitrogen and oxygen atoms in total. The predicted octanol–water partition coefficient (Wildman–Crippen LogP) is 2.27. The van der Waals surface area contributed by atoms with E-state index in [-0.39, 0.29) is 5.75 Å². The third-order valence-electron chi connectivity index (χ3n) is 1.55. The minimum absolute atomic E-state index is 0.0186. The highest BCUT2D eigenvalue weighted by Crippen LogP contribution is 2.31. The van der Waals surface area contributed by atoms with Crippen molar-refractivity contribution in [3.63, 3.8) is 0 Å². The zero-order chi connectivity index (χ0) is 9.14. The van der Waals surface area contributed by atoms with Crippen LogP contribution in [0.25, 0.3) is 0 Å². The number of aliphatic hydroxyl groups is 1. The van der Waals surface area contributed by atoms with Crippen LogP contribution in [0.2, 0.25) is 5.02 Å². The normalized spacial score (nSPS) is 12.5. The van der Waals surface area contributed by atoms with E-state index in [9.17, 15) is 10.2 Å². The Bertz CT molecular complexity index is 276. The molecule has 3 heteroatoms. The van der Waals surface area contributed by atoms with Crippen molar-refractivity contribution in [2.45, 2.75) is 6.10 Å². The van der Waals surface area contributed by atoms with Crippen molar-refractivity contribution in [1.29, 1.82) is 0 Å². The van der Waals surface area contributed by atoms with Gasteiger partial charge in [0.25, 0.3) is 0 Å². The lowest BCUT2D eigenvalue weighted by molar-refractivity contribution is 0.224. The van der Waals surface area contributed by atoms with Crippen LogP contribution in [0.4, 0.5) is 0 Å². The number of hydrogen-bond acceptors (Lipinski definition) is 2. The highest BCUT2D eigenvalue weighted by molar-refractivity contribution is 6.31. The Kier molecular flexibility index (Phi) is 2.74. The molecule has 0 radical (unpaired) electrons. The average Bonchev–Trinajstić information content (AvgIpc) is 2.03. The number of benzene rings is 1. The van der Waals surface area contributed by atoms with E-state index >= 15 is 0 Å². The molecule has 12 heavy (non-hydrogen) atoms. The zero-order valence-corrected chi connectivity index (χ0v) is 7.12. The van der Waals surface area contributed by atoms with E-state index in [4.69, 9.17) is 11.6 Å². The summed E-state index contributed by atoms with van der Waals surface area (Å²) in [5, 5.41) is 19.0. The van der Waals surface area contributed by atoms with E-state index in [1.54, 1.807) is 12.1 Å². The molecule has 0 heterocycles. The first-order valence-corrected chi connectivity index (χ1v) is 3.82. The molecule has 0 amide bonds. The number of phenolic OH excluding ortho intramolecular Hbond substituents is 1. The van der Waals surface area contributed by atoms with E-state index in [1.807, 2.05) is 0 Å². The van der Waals surface area contributed by atoms with E-state index in [1.165, 1.54) is 12.1 Å². The van der Waals surface area contributed by atoms with Gasteiger partial charge in [0.15, 0.2) is 0 Å². The Balaban J connectivity index is 3.20. The number of halogens is 1. The summed E-state index contributed by atoms with van der Waals surface area (Å²) >= 11 is 5.74. The first kappa shape index (κ1) is 9.10. The lowest BCUT2D eigenvalue weighted by Gasteiger charge is -2.09. The zero-order valence-electron chi connectivity index (χ0n) is 6.37. The molecular weight excluding hydrogens is 176 g/mol. The molecule has 0 fully saturated rings. The van der Waals surface area contributed by atoms with Gasteiger partial charge in [0.2, 0.25) is 0 Å². The summed E-state index contributed by atoms with van der Waals surface area (Å²) in [5.74, 6) is -0.0186. The van der Waals surface area contributed by atoms with Gasteiger partial charge in [0.1, 0.15) is 11.9 Å². The maximum atomic E-state index is 9.33. The second-order valence-corrected chi connectivity index (χ2v) is 2.76. The lowest BCUT2D eigenvalue weighted by Crippen LogP contribution is -1.93. The average molecular weight is 185 g/mol. The Morgan fingerprint density at radius 3 is 2.67 bits per heavy atom. The minimum atomic E-state index is -0.918. The van der Waals surface area contributed by atoms with E-state index in [0.29, 0.717) is 10.6 Å². The molecular formula is C9H9ClO2. The number of aromatic hydroxyl groups is 1. The van der Waals surface area contributed by atoms with Crippen molar-refractivity contribution in [2.24, 2.45) is 0 Å². The van der Waals surface area contributed by atoms with Gasteiger partial charge in [-0.3, -0.25) is 0 Å². The summed E-state index contributed by atoms with van der Waals surface area (Å²) in [6, 6.07) is 4.67. The predicted molar refractivity (Wildman–Crippen MR) is 48.3 cm³/mol. The fraction of sp³-hybridized carbons (Fsp3) is 0.111. The number of aliphatic hydroxyl groups excluding tert-OH is 1. The van der Waals surface area contributed by atoms with Gasteiger partial charge >= 0.3 is 0 Å². The molecule has 0 aromatic heterocycles. The Hall–Kier alpha value is -0.990. The van der Waals surface area contributed by atoms with Gasteiger partial charge in [-0.25, -0.2) is 0 Å². The molecule has 64 valence electrons. The Morgan fingerprint density at radius 1 is 1.50 bits per heavy atom. The van der Waals surface area contributed by atoms with Crippen LogP contribution in [0, 0.1) is 0 Å². The summed E-state index contributed by atoms with van der Waals surface area (Å²) in [5.41, 5.74) is 0.300. The maximum Gasteiger partial charge on any atom is 0.123 e. The molecule has 0 bridgehead atoms. The topological polar surface area (TPSA) is 40.5 Å². The summed E-state index contributed by atoms with van der Waals surface area (Å²) in [6.45, 7) is 3.40. The SMILES string of the molecule is C=CC(O)c1c(O)cccc1Cl. The van der Waals surface area contributed by atoms with E-state index in [0.717, 1.165) is 0 Å². The molecule has 1 atom stereocenters. The Morgan fingerprint density at radius 2 is 2.17 bits per heavy atom. The van der Waals surface area contributed by atoms with Gasteiger partial charge in [-0.15, -0.1) is 6.58 Å². The molecule has 0 saturated carbocycles. The molecule has 2 N–H and O–H groups in total. The number of hydrogen-bond donors (Lipinski definition) is 2. The fourth-order valence-electron chi connectivity index (χ4n) is 0.936. The van der Waals surface area contributed by atoms with Crippen molar-refractivity contribution in [3.05, 3.63) is 41.4 Å². The third kappa shape index (κ3) is 1.60. The van der Waals surface area contributed by atoms with E-state index < -0.39 is 6.10 Å². The van der Waals surface area contributed by atoms with E-state index in [2.05, 4.69) is 6.58 Å². The second-order valence-electron chi connectivity index (χ2n) is 2.35. The van der Waals surface area contributed by atoms with Crippen LogP contribution in [-0.4, -0.2) is 10.2 Å². The smallest absolute Gasteiger partial charge is 0.123 e. The molecule has 1 rings (SSSR count).